The lowest BCUT2D eigenvalue weighted by Gasteiger charge is -2.25. The maximum atomic E-state index is 13.3. The molecule has 1 fully saturated rings. The van der Waals surface area contributed by atoms with E-state index in [-0.39, 0.29) is 12.4 Å². The lowest BCUT2D eigenvalue weighted by molar-refractivity contribution is 0.180. The third kappa shape index (κ3) is 3.17. The van der Waals surface area contributed by atoms with Crippen molar-refractivity contribution in [1.82, 2.24) is 0 Å². The van der Waals surface area contributed by atoms with E-state index >= 15 is 0 Å². The summed E-state index contributed by atoms with van der Waals surface area (Å²) in [4.78, 5) is 0. The second-order valence-electron chi connectivity index (χ2n) is 4.62. The van der Waals surface area contributed by atoms with E-state index in [1.165, 1.54) is 31.4 Å². The van der Waals surface area contributed by atoms with E-state index in [9.17, 15) is 4.39 Å². The van der Waals surface area contributed by atoms with Crippen LogP contribution in [0.1, 0.15) is 30.9 Å². The van der Waals surface area contributed by atoms with Crippen molar-refractivity contribution in [2.45, 2.75) is 25.3 Å². The summed E-state index contributed by atoms with van der Waals surface area (Å²) in [6, 6.07) is 3.82. The van der Waals surface area contributed by atoms with Gasteiger partial charge in [0.05, 0.1) is 19.3 Å². The van der Waals surface area contributed by atoms with Crippen molar-refractivity contribution in [3.63, 3.8) is 0 Å². The molecule has 0 aromatic heterocycles. The Labute approximate surface area is 100 Å². The van der Waals surface area contributed by atoms with Crippen LogP contribution in [0.4, 0.5) is 4.39 Å². The molecule has 0 amide bonds. The van der Waals surface area contributed by atoms with Crippen molar-refractivity contribution in [3.05, 3.63) is 29.6 Å². The predicted octanol–water partition coefficient (Wildman–Crippen LogP) is 2.00. The lowest BCUT2D eigenvalue weighted by Crippen LogP contribution is -2.19. The summed E-state index contributed by atoms with van der Waals surface area (Å²) in [7, 11) is 0. The summed E-state index contributed by atoms with van der Waals surface area (Å²) >= 11 is 0. The highest BCUT2D eigenvalue weighted by atomic mass is 19.1. The normalized spacial score (nSPS) is 17.6. The van der Waals surface area contributed by atoms with Gasteiger partial charge < -0.3 is 15.6 Å². The Balaban J connectivity index is 2.02. The topological polar surface area (TPSA) is 55.5 Å². The number of benzene rings is 1. The van der Waals surface area contributed by atoms with Crippen LogP contribution >= 0.6 is 0 Å². The molecule has 1 aliphatic rings. The minimum Gasteiger partial charge on any atom is -0.493 e. The van der Waals surface area contributed by atoms with Crippen molar-refractivity contribution in [1.29, 1.82) is 0 Å². The largest absolute Gasteiger partial charge is 0.493 e. The molecule has 0 spiro atoms. The van der Waals surface area contributed by atoms with Gasteiger partial charge in [-0.15, -0.1) is 0 Å². The number of ether oxygens (including phenoxy) is 1. The van der Waals surface area contributed by atoms with E-state index in [2.05, 4.69) is 0 Å². The molecule has 4 heteroatoms. The van der Waals surface area contributed by atoms with Crippen LogP contribution in [0.3, 0.4) is 0 Å². The molecule has 0 aliphatic heterocycles. The number of halogens is 1. The van der Waals surface area contributed by atoms with E-state index in [0.717, 1.165) is 0 Å². The van der Waals surface area contributed by atoms with Gasteiger partial charge in [-0.1, -0.05) is 6.42 Å². The van der Waals surface area contributed by atoms with Crippen LogP contribution < -0.4 is 10.5 Å². The molecule has 0 radical (unpaired) electrons. The lowest BCUT2D eigenvalue weighted by atomic mass is 9.86. The van der Waals surface area contributed by atoms with E-state index < -0.39 is 6.04 Å². The van der Waals surface area contributed by atoms with E-state index in [4.69, 9.17) is 15.6 Å². The molecule has 3 nitrogen and oxygen atoms in total. The monoisotopic (exact) mass is 239 g/mol. The first-order valence-corrected chi connectivity index (χ1v) is 5.99. The number of aliphatic hydroxyl groups is 1. The van der Waals surface area contributed by atoms with Crippen LogP contribution in [-0.2, 0) is 0 Å². The van der Waals surface area contributed by atoms with Gasteiger partial charge in [-0.25, -0.2) is 4.39 Å². The Morgan fingerprint density at radius 1 is 1.41 bits per heavy atom. The van der Waals surface area contributed by atoms with E-state index in [0.29, 0.717) is 23.8 Å². The SMILES string of the molecule is NC(CO)c1cc(F)cc(OCC2CCC2)c1. The Morgan fingerprint density at radius 3 is 2.76 bits per heavy atom. The molecule has 3 N–H and O–H groups in total. The fourth-order valence-corrected chi connectivity index (χ4v) is 1.86. The fourth-order valence-electron chi connectivity index (χ4n) is 1.86. The van der Waals surface area contributed by atoms with Gasteiger partial charge in [0.1, 0.15) is 11.6 Å². The van der Waals surface area contributed by atoms with Crippen LogP contribution in [0.25, 0.3) is 0 Å². The molecule has 2 rings (SSSR count). The smallest absolute Gasteiger partial charge is 0.127 e. The average molecular weight is 239 g/mol. The Hall–Kier alpha value is -1.13. The summed E-state index contributed by atoms with van der Waals surface area (Å²) in [5.41, 5.74) is 6.22. The Bertz CT molecular complexity index is 380. The van der Waals surface area contributed by atoms with Crippen LogP contribution in [-0.4, -0.2) is 18.3 Å². The van der Waals surface area contributed by atoms with Gasteiger partial charge >= 0.3 is 0 Å². The standard InChI is InChI=1S/C13H18FNO2/c14-11-4-10(13(15)7-16)5-12(6-11)17-8-9-2-1-3-9/h4-6,9,13,16H,1-3,7-8,15H2. The van der Waals surface area contributed by atoms with Crippen molar-refractivity contribution in [2.24, 2.45) is 11.7 Å². The first kappa shape index (κ1) is 12.3. The van der Waals surface area contributed by atoms with Crippen LogP contribution in [0.15, 0.2) is 18.2 Å². The highest BCUT2D eigenvalue weighted by Gasteiger charge is 2.18. The van der Waals surface area contributed by atoms with Gasteiger partial charge in [0.2, 0.25) is 0 Å². The molecular formula is C13H18FNO2. The predicted molar refractivity (Wildman–Crippen MR) is 63.3 cm³/mol. The van der Waals surface area contributed by atoms with Crippen molar-refractivity contribution in [2.75, 3.05) is 13.2 Å². The maximum Gasteiger partial charge on any atom is 0.127 e. The summed E-state index contributed by atoms with van der Waals surface area (Å²) in [5, 5.41) is 8.95. The molecule has 94 valence electrons. The molecule has 1 aliphatic carbocycles. The van der Waals surface area contributed by atoms with E-state index in [1.807, 2.05) is 0 Å². The van der Waals surface area contributed by atoms with Crippen LogP contribution in [0.5, 0.6) is 5.75 Å². The molecule has 1 aromatic rings. The number of aliphatic hydroxyl groups excluding tert-OH is 1. The number of hydrogen-bond donors (Lipinski definition) is 2. The van der Waals surface area contributed by atoms with Gasteiger partial charge in [0.25, 0.3) is 0 Å². The molecule has 1 aromatic carbocycles. The zero-order chi connectivity index (χ0) is 12.3. The van der Waals surface area contributed by atoms with Gasteiger partial charge in [0.15, 0.2) is 0 Å². The molecule has 0 bridgehead atoms. The third-order valence-corrected chi connectivity index (χ3v) is 3.23. The van der Waals surface area contributed by atoms with Gasteiger partial charge in [-0.2, -0.15) is 0 Å². The molecule has 1 unspecified atom stereocenters. The summed E-state index contributed by atoms with van der Waals surface area (Å²) in [6.45, 7) is 0.433. The first-order chi connectivity index (χ1) is 8.19. The zero-order valence-electron chi connectivity index (χ0n) is 9.73. The summed E-state index contributed by atoms with van der Waals surface area (Å²) < 4.78 is 18.9. The molecule has 1 saturated carbocycles. The number of hydrogen-bond acceptors (Lipinski definition) is 3. The molecule has 0 saturated heterocycles. The average Bonchev–Trinajstić information content (AvgIpc) is 2.25. The van der Waals surface area contributed by atoms with Crippen molar-refractivity contribution < 1.29 is 14.2 Å². The molecule has 0 heterocycles. The van der Waals surface area contributed by atoms with Gasteiger partial charge in [-0.05, 0) is 36.5 Å². The molecular weight excluding hydrogens is 221 g/mol. The minimum absolute atomic E-state index is 0.203. The van der Waals surface area contributed by atoms with E-state index in [1.54, 1.807) is 6.07 Å². The zero-order valence-corrected chi connectivity index (χ0v) is 9.73. The maximum absolute atomic E-state index is 13.3. The highest BCUT2D eigenvalue weighted by Crippen LogP contribution is 2.28. The first-order valence-electron chi connectivity index (χ1n) is 5.99. The second kappa shape index (κ2) is 5.47. The summed E-state index contributed by atoms with van der Waals surface area (Å²) in [6.07, 6.45) is 3.65. The minimum atomic E-state index is -0.559. The second-order valence-corrected chi connectivity index (χ2v) is 4.62. The van der Waals surface area contributed by atoms with Crippen LogP contribution in [0.2, 0.25) is 0 Å². The summed E-state index contributed by atoms with van der Waals surface area (Å²) in [5.74, 6) is 0.721. The Kier molecular flexibility index (Phi) is 3.97. The highest BCUT2D eigenvalue weighted by molar-refractivity contribution is 5.31. The third-order valence-electron chi connectivity index (χ3n) is 3.23. The quantitative estimate of drug-likeness (QED) is 0.826. The van der Waals surface area contributed by atoms with Gasteiger partial charge in [0, 0.05) is 6.07 Å². The van der Waals surface area contributed by atoms with Crippen molar-refractivity contribution in [3.8, 4) is 5.75 Å². The van der Waals surface area contributed by atoms with Gasteiger partial charge in [-0.3, -0.25) is 0 Å². The number of nitrogens with two attached hydrogens (primary N) is 1. The van der Waals surface area contributed by atoms with Crippen molar-refractivity contribution >= 4 is 0 Å². The van der Waals surface area contributed by atoms with Crippen LogP contribution in [0, 0.1) is 11.7 Å². The fraction of sp³-hybridized carbons (Fsp3) is 0.538. The number of rotatable bonds is 5. The molecule has 1 atom stereocenters. The Morgan fingerprint density at radius 2 is 2.18 bits per heavy atom. The molecule has 17 heavy (non-hydrogen) atoms.